The van der Waals surface area contributed by atoms with Crippen LogP contribution in [-0.4, -0.2) is 85.0 Å². The molecule has 1 N–H and O–H groups in total. The zero-order valence-corrected chi connectivity index (χ0v) is 18.3. The van der Waals surface area contributed by atoms with Crippen molar-refractivity contribution in [2.45, 2.75) is 18.0 Å². The summed E-state index contributed by atoms with van der Waals surface area (Å²) in [5.41, 5.74) is 3.52. The molecule has 7 heteroatoms. The van der Waals surface area contributed by atoms with Gasteiger partial charge in [-0.3, -0.25) is 9.59 Å². The maximum absolute atomic E-state index is 12.5. The van der Waals surface area contributed by atoms with E-state index in [1.54, 1.807) is 45.2 Å². The second-order valence-electron chi connectivity index (χ2n) is 8.29. The molecule has 2 amide bonds. The van der Waals surface area contributed by atoms with Gasteiger partial charge in [-0.1, -0.05) is 36.4 Å². The van der Waals surface area contributed by atoms with Gasteiger partial charge in [0, 0.05) is 25.6 Å². The van der Waals surface area contributed by atoms with Gasteiger partial charge in [-0.05, 0) is 42.9 Å². The highest BCUT2D eigenvalue weighted by molar-refractivity contribution is 5.94. The number of hydrogen-bond acceptors (Lipinski definition) is 5. The Morgan fingerprint density at radius 2 is 1.55 bits per heavy atom. The van der Waals surface area contributed by atoms with Crippen molar-refractivity contribution in [3.05, 3.63) is 59.7 Å². The number of amides is 2. The van der Waals surface area contributed by atoms with Crippen LogP contribution >= 0.6 is 0 Å². The molecule has 1 heterocycles. The van der Waals surface area contributed by atoms with E-state index in [-0.39, 0.29) is 30.9 Å². The summed E-state index contributed by atoms with van der Waals surface area (Å²) in [6.45, 7) is 0.0117. The molecule has 0 aromatic heterocycles. The molecule has 3 rings (SSSR count). The Morgan fingerprint density at radius 3 is 2.00 bits per heavy atom. The fourth-order valence-electron chi connectivity index (χ4n) is 4.06. The molecule has 0 bridgehead atoms. The van der Waals surface area contributed by atoms with Gasteiger partial charge in [0.05, 0.1) is 25.3 Å². The van der Waals surface area contributed by atoms with Crippen LogP contribution in [0.4, 0.5) is 0 Å². The molecule has 31 heavy (non-hydrogen) atoms. The number of aliphatic hydroxyl groups is 1. The molecule has 1 aliphatic heterocycles. The van der Waals surface area contributed by atoms with Crippen molar-refractivity contribution >= 4 is 11.8 Å². The van der Waals surface area contributed by atoms with E-state index >= 15 is 0 Å². The van der Waals surface area contributed by atoms with Crippen LogP contribution in [0.5, 0.6) is 0 Å². The maximum atomic E-state index is 12.5. The zero-order valence-electron chi connectivity index (χ0n) is 18.3. The van der Waals surface area contributed by atoms with Gasteiger partial charge < -0.3 is 19.8 Å². The Balaban J connectivity index is 1.79. The Morgan fingerprint density at radius 1 is 1.00 bits per heavy atom. The smallest absolute Gasteiger partial charge is 0.253 e. The van der Waals surface area contributed by atoms with Gasteiger partial charge in [-0.25, -0.2) is 0 Å². The number of likely N-dealkylation sites (N-methyl/N-ethyl adjacent to an activating group) is 1. The van der Waals surface area contributed by atoms with E-state index in [2.05, 4.69) is 6.07 Å². The minimum atomic E-state index is -0.591. The summed E-state index contributed by atoms with van der Waals surface area (Å²) in [5, 5.41) is 19.5. The SMILES string of the molecule is CN(C)CC(=O)N1[C@H](C#N)[C@H](c2ccc(-c3ccc(C(=O)N(C)C)cc3)cc2)[C@H]1CO. The molecular weight excluding hydrogens is 392 g/mol. The van der Waals surface area contributed by atoms with Crippen LogP contribution in [0.25, 0.3) is 11.1 Å². The van der Waals surface area contributed by atoms with E-state index in [1.165, 1.54) is 9.80 Å². The van der Waals surface area contributed by atoms with Crippen molar-refractivity contribution in [2.24, 2.45) is 0 Å². The van der Waals surface area contributed by atoms with E-state index in [0.29, 0.717) is 5.56 Å². The molecule has 0 radical (unpaired) electrons. The lowest BCUT2D eigenvalue weighted by atomic mass is 9.75. The van der Waals surface area contributed by atoms with E-state index < -0.39 is 12.1 Å². The summed E-state index contributed by atoms with van der Waals surface area (Å²) in [5.74, 6) is -0.427. The lowest BCUT2D eigenvalue weighted by Crippen LogP contribution is -2.66. The van der Waals surface area contributed by atoms with Gasteiger partial charge in [-0.2, -0.15) is 5.26 Å². The summed E-state index contributed by atoms with van der Waals surface area (Å²) >= 11 is 0. The van der Waals surface area contributed by atoms with Crippen molar-refractivity contribution in [3.63, 3.8) is 0 Å². The molecule has 2 aromatic carbocycles. The normalized spacial score (nSPS) is 20.2. The lowest BCUT2D eigenvalue weighted by Gasteiger charge is -2.51. The quantitative estimate of drug-likeness (QED) is 0.770. The van der Waals surface area contributed by atoms with Crippen molar-refractivity contribution < 1.29 is 14.7 Å². The molecule has 1 fully saturated rings. The molecule has 7 nitrogen and oxygen atoms in total. The van der Waals surface area contributed by atoms with Crippen LogP contribution in [0.3, 0.4) is 0 Å². The highest BCUT2D eigenvalue weighted by Crippen LogP contribution is 2.41. The van der Waals surface area contributed by atoms with Crippen molar-refractivity contribution in [1.29, 1.82) is 5.26 Å². The van der Waals surface area contributed by atoms with Gasteiger partial charge in [0.15, 0.2) is 0 Å². The largest absolute Gasteiger partial charge is 0.394 e. The van der Waals surface area contributed by atoms with Gasteiger partial charge in [0.1, 0.15) is 6.04 Å². The van der Waals surface area contributed by atoms with Crippen LogP contribution in [0.15, 0.2) is 48.5 Å². The van der Waals surface area contributed by atoms with E-state index in [0.717, 1.165) is 16.7 Å². The highest BCUT2D eigenvalue weighted by Gasteiger charge is 2.51. The molecule has 3 atom stereocenters. The second-order valence-corrected chi connectivity index (χ2v) is 8.29. The molecule has 1 saturated heterocycles. The average molecular weight is 421 g/mol. The topological polar surface area (TPSA) is 87.9 Å². The average Bonchev–Trinajstić information content (AvgIpc) is 2.73. The van der Waals surface area contributed by atoms with Gasteiger partial charge in [0.2, 0.25) is 5.91 Å². The van der Waals surface area contributed by atoms with Crippen molar-refractivity contribution in [1.82, 2.24) is 14.7 Å². The minimum Gasteiger partial charge on any atom is -0.394 e. The Kier molecular flexibility index (Phi) is 6.74. The first kappa shape index (κ1) is 22.5. The molecule has 1 aliphatic rings. The number of nitrogens with zero attached hydrogens (tertiary/aromatic N) is 4. The summed E-state index contributed by atoms with van der Waals surface area (Å²) in [6.07, 6.45) is 0. The number of benzene rings is 2. The number of nitriles is 1. The van der Waals surface area contributed by atoms with Crippen LogP contribution in [0.2, 0.25) is 0 Å². The van der Waals surface area contributed by atoms with E-state index in [1.807, 2.05) is 36.4 Å². The summed E-state index contributed by atoms with van der Waals surface area (Å²) < 4.78 is 0. The van der Waals surface area contributed by atoms with E-state index in [4.69, 9.17) is 0 Å². The first-order chi connectivity index (χ1) is 14.8. The van der Waals surface area contributed by atoms with Crippen LogP contribution in [0.1, 0.15) is 21.8 Å². The van der Waals surface area contributed by atoms with Gasteiger partial charge in [-0.15, -0.1) is 0 Å². The third-order valence-corrected chi connectivity index (χ3v) is 5.64. The molecule has 0 aliphatic carbocycles. The molecule has 2 aromatic rings. The van der Waals surface area contributed by atoms with Crippen molar-refractivity contribution in [3.8, 4) is 17.2 Å². The standard InChI is InChI=1S/C24H28N4O3/c1-26(2)14-22(30)28-20(13-25)23(21(28)15-29)18-9-5-16(6-10-18)17-7-11-19(12-8-17)24(31)27(3)4/h5-12,20-21,23,29H,14-15H2,1-4H3/t20-,21-,23+/m1/s1. The number of hydrogen-bond donors (Lipinski definition) is 1. The third kappa shape index (κ3) is 4.46. The summed E-state index contributed by atoms with van der Waals surface area (Å²) in [4.78, 5) is 29.3. The number of carbonyl (C=O) groups is 2. The maximum Gasteiger partial charge on any atom is 0.253 e. The fourth-order valence-corrected chi connectivity index (χ4v) is 4.06. The lowest BCUT2D eigenvalue weighted by molar-refractivity contribution is -0.147. The highest BCUT2D eigenvalue weighted by atomic mass is 16.3. The molecule has 162 valence electrons. The molecular formula is C24H28N4O3. The van der Waals surface area contributed by atoms with Crippen molar-refractivity contribution in [2.75, 3.05) is 41.3 Å². The van der Waals surface area contributed by atoms with Gasteiger partial charge in [0.25, 0.3) is 5.91 Å². The summed E-state index contributed by atoms with van der Waals surface area (Å²) in [7, 11) is 7.04. The van der Waals surface area contributed by atoms with Gasteiger partial charge >= 0.3 is 0 Å². The fraction of sp³-hybridized carbons (Fsp3) is 0.375. The predicted molar refractivity (Wildman–Crippen MR) is 118 cm³/mol. The van der Waals surface area contributed by atoms with E-state index in [9.17, 15) is 20.0 Å². The molecule has 0 saturated carbocycles. The van der Waals surface area contributed by atoms with Crippen LogP contribution < -0.4 is 0 Å². The predicted octanol–water partition coefficient (Wildman–Crippen LogP) is 1.80. The Hall–Kier alpha value is -3.21. The second kappa shape index (κ2) is 9.29. The van der Waals surface area contributed by atoms with Crippen LogP contribution in [-0.2, 0) is 4.79 Å². The number of rotatable bonds is 6. The zero-order chi connectivity index (χ0) is 22.7. The molecule has 0 unspecified atom stereocenters. The first-order valence-electron chi connectivity index (χ1n) is 10.2. The molecule has 0 spiro atoms. The third-order valence-electron chi connectivity index (χ3n) is 5.64. The Labute approximate surface area is 183 Å². The monoisotopic (exact) mass is 420 g/mol. The number of aliphatic hydroxyl groups excluding tert-OH is 1. The number of carbonyl (C=O) groups excluding carboxylic acids is 2. The number of likely N-dealkylation sites (tertiary alicyclic amines) is 1. The summed E-state index contributed by atoms with van der Waals surface area (Å²) in [6, 6.07) is 16.5. The first-order valence-corrected chi connectivity index (χ1v) is 10.2. The van der Waals surface area contributed by atoms with Crippen LogP contribution in [0, 0.1) is 11.3 Å². The Bertz CT molecular complexity index is 977. The minimum absolute atomic E-state index is 0.0437.